The molecule has 2 unspecified atom stereocenters. The van der Waals surface area contributed by atoms with Gasteiger partial charge in [-0.25, -0.2) is 0 Å². The minimum atomic E-state index is -1.55. The Hall–Kier alpha value is -0.810. The Morgan fingerprint density at radius 1 is 0.577 bits per heavy atom. The fourth-order valence-electron chi connectivity index (χ4n) is 7.34. The zero-order chi connectivity index (χ0) is 38.1. The standard InChI is InChI=1S/C43H85NO8/c1-3-5-7-9-11-13-15-16-17-18-19-20-21-22-23-25-27-29-31-33-39(47)44-36(35-51-43-42(50)41(49)40(48)38(34-45)52-43)37(46)32-30-28-26-24-14-12-10-8-6-4-2/h36-38,40-43,45-46,48-50H,3-35H2,1-2H3,(H,44,47)/t36-,37+,38-,40-,41?,42?,43-/m0/s1. The van der Waals surface area contributed by atoms with Crippen molar-refractivity contribution in [2.24, 2.45) is 0 Å². The molecule has 310 valence electrons. The van der Waals surface area contributed by atoms with Crippen LogP contribution in [0.5, 0.6) is 0 Å². The van der Waals surface area contributed by atoms with Crippen molar-refractivity contribution in [3.8, 4) is 0 Å². The topological polar surface area (TPSA) is 149 Å². The highest BCUT2D eigenvalue weighted by atomic mass is 16.7. The number of hydrogen-bond acceptors (Lipinski definition) is 8. The molecule has 0 aliphatic carbocycles. The van der Waals surface area contributed by atoms with Crippen LogP contribution in [0.15, 0.2) is 0 Å². The molecule has 0 bridgehead atoms. The maximum absolute atomic E-state index is 12.9. The molecular formula is C43H85NO8. The third-order valence-corrected chi connectivity index (χ3v) is 11.0. The summed E-state index contributed by atoms with van der Waals surface area (Å²) in [5.74, 6) is -0.142. The predicted molar refractivity (Wildman–Crippen MR) is 212 cm³/mol. The van der Waals surface area contributed by atoms with Crippen LogP contribution in [0, 0.1) is 0 Å². The largest absolute Gasteiger partial charge is 0.394 e. The van der Waals surface area contributed by atoms with Gasteiger partial charge < -0.3 is 40.3 Å². The van der Waals surface area contributed by atoms with E-state index in [0.717, 1.165) is 38.5 Å². The Kier molecular flexibility index (Phi) is 32.8. The second-order valence-corrected chi connectivity index (χ2v) is 15.9. The number of carbonyl (C=O) groups is 1. The molecule has 0 aromatic heterocycles. The second kappa shape index (κ2) is 34.7. The van der Waals surface area contributed by atoms with Crippen molar-refractivity contribution in [3.05, 3.63) is 0 Å². The number of carbonyl (C=O) groups excluding carboxylic acids is 1. The van der Waals surface area contributed by atoms with Crippen LogP contribution >= 0.6 is 0 Å². The van der Waals surface area contributed by atoms with Crippen LogP contribution in [-0.2, 0) is 14.3 Å². The van der Waals surface area contributed by atoms with Crippen LogP contribution in [0.25, 0.3) is 0 Å². The van der Waals surface area contributed by atoms with Gasteiger partial charge in [0.1, 0.15) is 24.4 Å². The molecule has 1 aliphatic heterocycles. The first kappa shape index (κ1) is 49.2. The van der Waals surface area contributed by atoms with E-state index >= 15 is 0 Å². The molecule has 0 aromatic rings. The van der Waals surface area contributed by atoms with Gasteiger partial charge in [0.15, 0.2) is 6.29 Å². The van der Waals surface area contributed by atoms with Crippen molar-refractivity contribution in [2.75, 3.05) is 13.2 Å². The lowest BCUT2D eigenvalue weighted by molar-refractivity contribution is -0.302. The van der Waals surface area contributed by atoms with E-state index in [2.05, 4.69) is 19.2 Å². The molecule has 1 amide bonds. The number of rotatable bonds is 37. The van der Waals surface area contributed by atoms with Crippen LogP contribution in [0.4, 0.5) is 0 Å². The Labute approximate surface area is 319 Å². The van der Waals surface area contributed by atoms with Crippen molar-refractivity contribution in [2.45, 2.75) is 256 Å². The van der Waals surface area contributed by atoms with E-state index < -0.39 is 49.5 Å². The van der Waals surface area contributed by atoms with Gasteiger partial charge in [-0.3, -0.25) is 4.79 Å². The molecule has 1 aliphatic rings. The minimum absolute atomic E-state index is 0.132. The van der Waals surface area contributed by atoms with Crippen molar-refractivity contribution in [1.82, 2.24) is 5.32 Å². The van der Waals surface area contributed by atoms with Gasteiger partial charge in [-0.2, -0.15) is 0 Å². The monoisotopic (exact) mass is 744 g/mol. The maximum Gasteiger partial charge on any atom is 0.220 e. The molecule has 7 atom stereocenters. The highest BCUT2D eigenvalue weighted by Crippen LogP contribution is 2.23. The van der Waals surface area contributed by atoms with E-state index in [0.29, 0.717) is 12.8 Å². The van der Waals surface area contributed by atoms with Crippen molar-refractivity contribution < 1.29 is 39.8 Å². The summed E-state index contributed by atoms with van der Waals surface area (Å²) in [4.78, 5) is 12.9. The normalized spacial score (nSPS) is 21.7. The summed E-state index contributed by atoms with van der Waals surface area (Å²) < 4.78 is 11.2. The van der Waals surface area contributed by atoms with E-state index in [1.165, 1.54) is 148 Å². The quantitative estimate of drug-likeness (QED) is 0.0346. The molecule has 1 rings (SSSR count). The highest BCUT2D eigenvalue weighted by Gasteiger charge is 2.44. The van der Waals surface area contributed by atoms with Crippen LogP contribution in [-0.4, -0.2) is 87.5 Å². The first-order chi connectivity index (χ1) is 25.3. The summed E-state index contributed by atoms with van der Waals surface area (Å²) >= 11 is 0. The van der Waals surface area contributed by atoms with Crippen molar-refractivity contribution in [3.63, 3.8) is 0 Å². The molecule has 6 N–H and O–H groups in total. The lowest BCUT2D eigenvalue weighted by Crippen LogP contribution is -2.60. The molecular weight excluding hydrogens is 658 g/mol. The van der Waals surface area contributed by atoms with E-state index in [1.54, 1.807) is 0 Å². The highest BCUT2D eigenvalue weighted by molar-refractivity contribution is 5.76. The first-order valence-electron chi connectivity index (χ1n) is 22.2. The first-order valence-corrected chi connectivity index (χ1v) is 22.2. The van der Waals surface area contributed by atoms with Gasteiger partial charge in [0.25, 0.3) is 0 Å². The molecule has 9 nitrogen and oxygen atoms in total. The summed E-state index contributed by atoms with van der Waals surface area (Å²) in [7, 11) is 0. The Morgan fingerprint density at radius 2 is 0.962 bits per heavy atom. The molecule has 1 heterocycles. The van der Waals surface area contributed by atoms with E-state index in [4.69, 9.17) is 9.47 Å². The third kappa shape index (κ3) is 25.3. The SMILES string of the molecule is CCCCCCCCCCCCCCCCCCCCCC(=O)N[C@@H](CO[C@H]1O[C@@H](CO)[C@H](O)C(O)C1O)[C@H](O)CCCCCCCCCCCC. The predicted octanol–water partition coefficient (Wildman–Crippen LogP) is 8.78. The Balaban J connectivity index is 2.28. The van der Waals surface area contributed by atoms with Gasteiger partial charge in [-0.1, -0.05) is 194 Å². The van der Waals surface area contributed by atoms with E-state index in [1.807, 2.05) is 0 Å². The van der Waals surface area contributed by atoms with Crippen LogP contribution < -0.4 is 5.32 Å². The Bertz CT molecular complexity index is 786. The van der Waals surface area contributed by atoms with Crippen LogP contribution in [0.1, 0.15) is 213 Å². The number of unbranched alkanes of at least 4 members (excludes halogenated alkanes) is 27. The molecule has 0 saturated carbocycles. The summed E-state index contributed by atoms with van der Waals surface area (Å²) in [5.41, 5.74) is 0. The molecule has 1 saturated heterocycles. The summed E-state index contributed by atoms with van der Waals surface area (Å²) in [5, 5.41) is 54.2. The zero-order valence-electron chi connectivity index (χ0n) is 33.8. The zero-order valence-corrected chi connectivity index (χ0v) is 33.8. The van der Waals surface area contributed by atoms with E-state index in [9.17, 15) is 30.3 Å². The van der Waals surface area contributed by atoms with Crippen molar-refractivity contribution in [1.29, 1.82) is 0 Å². The molecule has 9 heteroatoms. The molecule has 0 radical (unpaired) electrons. The fraction of sp³-hybridized carbons (Fsp3) is 0.977. The molecule has 1 fully saturated rings. The summed E-state index contributed by atoms with van der Waals surface area (Å²) in [6, 6.07) is -0.709. The second-order valence-electron chi connectivity index (χ2n) is 15.9. The number of aliphatic hydroxyl groups is 5. The number of hydrogen-bond donors (Lipinski definition) is 6. The maximum atomic E-state index is 12.9. The minimum Gasteiger partial charge on any atom is -0.394 e. The van der Waals surface area contributed by atoms with Gasteiger partial charge in [0, 0.05) is 6.42 Å². The van der Waals surface area contributed by atoms with Gasteiger partial charge in [-0.05, 0) is 12.8 Å². The summed E-state index contributed by atoms with van der Waals surface area (Å²) in [6.45, 7) is 3.82. The number of nitrogens with one attached hydrogen (secondary N) is 1. The third-order valence-electron chi connectivity index (χ3n) is 11.0. The van der Waals surface area contributed by atoms with Gasteiger partial charge in [-0.15, -0.1) is 0 Å². The number of ether oxygens (including phenoxy) is 2. The Morgan fingerprint density at radius 3 is 1.37 bits per heavy atom. The van der Waals surface area contributed by atoms with Gasteiger partial charge in [0.2, 0.25) is 5.91 Å². The van der Waals surface area contributed by atoms with Crippen LogP contribution in [0.3, 0.4) is 0 Å². The van der Waals surface area contributed by atoms with E-state index in [-0.39, 0.29) is 12.5 Å². The smallest absolute Gasteiger partial charge is 0.220 e. The lowest BCUT2D eigenvalue weighted by Gasteiger charge is -2.40. The molecule has 52 heavy (non-hydrogen) atoms. The molecule has 0 aromatic carbocycles. The molecule has 0 spiro atoms. The van der Waals surface area contributed by atoms with Crippen LogP contribution in [0.2, 0.25) is 0 Å². The van der Waals surface area contributed by atoms with Gasteiger partial charge >= 0.3 is 0 Å². The average Bonchev–Trinajstić information content (AvgIpc) is 3.14. The average molecular weight is 744 g/mol. The number of aliphatic hydroxyl groups excluding tert-OH is 5. The number of amides is 1. The summed E-state index contributed by atoms with van der Waals surface area (Å²) in [6.07, 6.45) is 29.7. The van der Waals surface area contributed by atoms with Crippen molar-refractivity contribution >= 4 is 5.91 Å². The lowest BCUT2D eigenvalue weighted by atomic mass is 9.99. The fourth-order valence-corrected chi connectivity index (χ4v) is 7.34. The van der Waals surface area contributed by atoms with Gasteiger partial charge in [0.05, 0.1) is 25.4 Å².